The molecule has 2 aliphatic rings. The maximum absolute atomic E-state index is 4.84. The predicted molar refractivity (Wildman–Crippen MR) is 108 cm³/mol. The number of hydrogen-bond acceptors (Lipinski definition) is 2. The molecule has 0 atom stereocenters. The molecule has 3 heterocycles. The van der Waals surface area contributed by atoms with E-state index in [-0.39, 0.29) is 0 Å². The summed E-state index contributed by atoms with van der Waals surface area (Å²) in [7, 11) is 0. The summed E-state index contributed by atoms with van der Waals surface area (Å²) in [6.45, 7) is 7.74. The molecule has 1 aromatic carbocycles. The van der Waals surface area contributed by atoms with Crippen LogP contribution in [0, 0.1) is 19.8 Å². The monoisotopic (exact) mass is 345 g/mol. The van der Waals surface area contributed by atoms with Crippen LogP contribution in [0.4, 0.5) is 5.82 Å². The van der Waals surface area contributed by atoms with Gasteiger partial charge in [0.15, 0.2) is 0 Å². The summed E-state index contributed by atoms with van der Waals surface area (Å²) in [5.41, 5.74) is 7.13. The number of hydrogen-bond donors (Lipinski definition) is 0. The Hall–Kier alpha value is -2.29. The molecule has 5 rings (SSSR count). The largest absolute Gasteiger partial charge is 0.351 e. The van der Waals surface area contributed by atoms with Crippen LogP contribution in [0.5, 0.6) is 0 Å². The zero-order chi connectivity index (χ0) is 17.7. The molecule has 1 saturated carbocycles. The Morgan fingerprint density at radius 2 is 1.88 bits per heavy atom. The first kappa shape index (κ1) is 15.9. The third-order valence-electron chi connectivity index (χ3n) is 6.62. The van der Waals surface area contributed by atoms with Gasteiger partial charge in [0.05, 0.1) is 5.52 Å². The molecule has 1 fully saturated rings. The lowest BCUT2D eigenvalue weighted by atomic mass is 9.85. The van der Waals surface area contributed by atoms with Gasteiger partial charge in [-0.15, -0.1) is 0 Å². The van der Waals surface area contributed by atoms with Gasteiger partial charge in [-0.25, -0.2) is 4.98 Å². The summed E-state index contributed by atoms with van der Waals surface area (Å²) in [4.78, 5) is 7.32. The highest BCUT2D eigenvalue weighted by atomic mass is 15.2. The molecule has 0 spiro atoms. The standard InChI is InChI=1S/C23H27N3/c1-16-17(2)26(14-18-6-5-7-18)21-10-12-24-23(22(16)21)25-13-11-19-8-3-4-9-20(19)15-25/h3-4,8-10,12,18H,5-7,11,13-15H2,1-2H3. The molecule has 0 saturated heterocycles. The van der Waals surface area contributed by atoms with Crippen LogP contribution in [0.3, 0.4) is 0 Å². The highest BCUT2D eigenvalue weighted by Gasteiger charge is 2.24. The molecule has 3 nitrogen and oxygen atoms in total. The molecular weight excluding hydrogens is 318 g/mol. The summed E-state index contributed by atoms with van der Waals surface area (Å²) >= 11 is 0. The van der Waals surface area contributed by atoms with Gasteiger partial charge in [-0.3, -0.25) is 0 Å². The topological polar surface area (TPSA) is 21.1 Å². The van der Waals surface area contributed by atoms with Crippen molar-refractivity contribution in [3.8, 4) is 0 Å². The summed E-state index contributed by atoms with van der Waals surface area (Å²) in [6, 6.07) is 11.1. The van der Waals surface area contributed by atoms with Crippen LogP contribution in [-0.4, -0.2) is 16.1 Å². The number of benzene rings is 1. The van der Waals surface area contributed by atoms with Crippen molar-refractivity contribution in [2.45, 2.75) is 52.6 Å². The molecule has 1 aliphatic carbocycles. The van der Waals surface area contributed by atoms with Crippen molar-refractivity contribution in [1.29, 1.82) is 0 Å². The van der Waals surface area contributed by atoms with Crippen LogP contribution >= 0.6 is 0 Å². The van der Waals surface area contributed by atoms with Gasteiger partial charge in [-0.05, 0) is 61.8 Å². The fraction of sp³-hybridized carbons (Fsp3) is 0.435. The third kappa shape index (κ3) is 2.45. The first-order valence-electron chi connectivity index (χ1n) is 9.98. The maximum atomic E-state index is 4.84. The van der Waals surface area contributed by atoms with E-state index >= 15 is 0 Å². The molecule has 3 aromatic rings. The van der Waals surface area contributed by atoms with Gasteiger partial charge in [0.2, 0.25) is 0 Å². The second kappa shape index (κ2) is 6.15. The number of aromatic nitrogens is 2. The Balaban J connectivity index is 1.57. The number of fused-ring (bicyclic) bond motifs is 2. The normalized spacial score (nSPS) is 17.4. The minimum atomic E-state index is 0.863. The number of nitrogens with zero attached hydrogens (tertiary/aromatic N) is 3. The zero-order valence-electron chi connectivity index (χ0n) is 15.8. The van der Waals surface area contributed by atoms with Crippen LogP contribution in [0.15, 0.2) is 36.5 Å². The Kier molecular flexibility index (Phi) is 3.77. The Bertz CT molecular complexity index is 965. The minimum absolute atomic E-state index is 0.863. The fourth-order valence-corrected chi connectivity index (χ4v) is 4.67. The summed E-state index contributed by atoms with van der Waals surface area (Å²) < 4.78 is 2.55. The molecule has 0 N–H and O–H groups in total. The number of pyridine rings is 1. The Labute approximate surface area is 155 Å². The van der Waals surface area contributed by atoms with E-state index in [9.17, 15) is 0 Å². The van der Waals surface area contributed by atoms with Crippen LogP contribution in [0.25, 0.3) is 10.9 Å². The average Bonchev–Trinajstić information content (AvgIpc) is 2.88. The van der Waals surface area contributed by atoms with Crippen molar-refractivity contribution in [3.63, 3.8) is 0 Å². The summed E-state index contributed by atoms with van der Waals surface area (Å²) in [6.07, 6.45) is 7.29. The van der Waals surface area contributed by atoms with Crippen molar-refractivity contribution in [1.82, 2.24) is 9.55 Å². The van der Waals surface area contributed by atoms with Crippen LogP contribution in [0.2, 0.25) is 0 Å². The van der Waals surface area contributed by atoms with Crippen molar-refractivity contribution >= 4 is 16.7 Å². The van der Waals surface area contributed by atoms with E-state index in [2.05, 4.69) is 53.6 Å². The van der Waals surface area contributed by atoms with Gasteiger partial charge < -0.3 is 9.47 Å². The van der Waals surface area contributed by atoms with Gasteiger partial charge in [-0.1, -0.05) is 30.7 Å². The van der Waals surface area contributed by atoms with Gasteiger partial charge in [0.1, 0.15) is 5.82 Å². The maximum Gasteiger partial charge on any atom is 0.138 e. The summed E-state index contributed by atoms with van der Waals surface area (Å²) in [5.74, 6) is 2.03. The molecule has 134 valence electrons. The summed E-state index contributed by atoms with van der Waals surface area (Å²) in [5, 5.41) is 1.36. The second-order valence-corrected chi connectivity index (χ2v) is 8.09. The minimum Gasteiger partial charge on any atom is -0.351 e. The van der Waals surface area contributed by atoms with E-state index < -0.39 is 0 Å². The Morgan fingerprint density at radius 3 is 2.65 bits per heavy atom. The fourth-order valence-electron chi connectivity index (χ4n) is 4.67. The molecule has 3 heteroatoms. The van der Waals surface area contributed by atoms with E-state index in [1.807, 2.05) is 6.20 Å². The number of anilines is 1. The van der Waals surface area contributed by atoms with Crippen molar-refractivity contribution in [2.75, 3.05) is 11.4 Å². The van der Waals surface area contributed by atoms with E-state index in [0.717, 1.165) is 25.4 Å². The molecule has 0 bridgehead atoms. The average molecular weight is 345 g/mol. The Morgan fingerprint density at radius 1 is 1.08 bits per heavy atom. The lowest BCUT2D eigenvalue weighted by molar-refractivity contribution is 0.278. The SMILES string of the molecule is Cc1c(C)n(CC2CCC2)c2ccnc(N3CCc4ccccc4C3)c12. The zero-order valence-corrected chi connectivity index (χ0v) is 15.8. The van der Waals surface area contributed by atoms with Gasteiger partial charge in [0, 0.05) is 36.9 Å². The molecule has 0 radical (unpaired) electrons. The second-order valence-electron chi connectivity index (χ2n) is 8.09. The van der Waals surface area contributed by atoms with Gasteiger partial charge in [-0.2, -0.15) is 0 Å². The predicted octanol–water partition coefficient (Wildman–Crippen LogP) is 5.02. The molecule has 0 unspecified atom stereocenters. The van der Waals surface area contributed by atoms with E-state index in [1.165, 1.54) is 64.9 Å². The quantitative estimate of drug-likeness (QED) is 0.665. The number of aryl methyl sites for hydroxylation is 1. The first-order chi connectivity index (χ1) is 12.7. The first-order valence-corrected chi connectivity index (χ1v) is 9.98. The van der Waals surface area contributed by atoms with Crippen LogP contribution in [0.1, 0.15) is 41.6 Å². The van der Waals surface area contributed by atoms with E-state index in [0.29, 0.717) is 0 Å². The van der Waals surface area contributed by atoms with Crippen LogP contribution in [-0.2, 0) is 19.5 Å². The highest BCUT2D eigenvalue weighted by Crippen LogP contribution is 2.36. The van der Waals surface area contributed by atoms with Gasteiger partial charge in [0.25, 0.3) is 0 Å². The van der Waals surface area contributed by atoms with Crippen molar-refractivity contribution in [3.05, 3.63) is 58.9 Å². The lowest BCUT2D eigenvalue weighted by Gasteiger charge is -2.30. The lowest BCUT2D eigenvalue weighted by Crippen LogP contribution is -2.31. The van der Waals surface area contributed by atoms with Crippen molar-refractivity contribution < 1.29 is 0 Å². The molecule has 26 heavy (non-hydrogen) atoms. The highest BCUT2D eigenvalue weighted by molar-refractivity contribution is 5.94. The van der Waals surface area contributed by atoms with Crippen molar-refractivity contribution in [2.24, 2.45) is 5.92 Å². The smallest absolute Gasteiger partial charge is 0.138 e. The third-order valence-corrected chi connectivity index (χ3v) is 6.62. The van der Waals surface area contributed by atoms with E-state index in [1.54, 1.807) is 0 Å². The molecule has 1 aliphatic heterocycles. The number of rotatable bonds is 3. The van der Waals surface area contributed by atoms with Gasteiger partial charge >= 0.3 is 0 Å². The van der Waals surface area contributed by atoms with E-state index in [4.69, 9.17) is 4.98 Å². The van der Waals surface area contributed by atoms with Crippen LogP contribution < -0.4 is 4.90 Å². The molecular formula is C23H27N3. The molecule has 0 amide bonds. The molecule has 2 aromatic heterocycles.